The molecule has 3 aromatic rings. The van der Waals surface area contributed by atoms with Gasteiger partial charge in [0.2, 0.25) is 0 Å². The van der Waals surface area contributed by atoms with Crippen LogP contribution in [0.2, 0.25) is 0 Å². The second-order valence-corrected chi connectivity index (χ2v) is 9.18. The number of alkyl halides is 3. The molecule has 170 valence electrons. The molecule has 1 aliphatic carbocycles. The van der Waals surface area contributed by atoms with Crippen molar-refractivity contribution in [2.24, 2.45) is 11.8 Å². The van der Waals surface area contributed by atoms with Gasteiger partial charge in [-0.3, -0.25) is 0 Å². The molecule has 1 saturated carbocycles. The molecule has 0 aliphatic heterocycles. The topological polar surface area (TPSA) is 9.23 Å². The van der Waals surface area contributed by atoms with Crippen LogP contribution in [0.3, 0.4) is 0 Å². The van der Waals surface area contributed by atoms with Gasteiger partial charge in [-0.05, 0) is 70.3 Å². The molecule has 1 aliphatic rings. The first kappa shape index (κ1) is 22.7. The highest BCUT2D eigenvalue weighted by Crippen LogP contribution is 2.34. The molecule has 0 N–H and O–H groups in total. The van der Waals surface area contributed by atoms with Crippen molar-refractivity contribution in [3.05, 3.63) is 66.2 Å². The average Bonchev–Trinajstić information content (AvgIpc) is 2.78. The summed E-state index contributed by atoms with van der Waals surface area (Å²) in [7, 11) is 0. The minimum Gasteiger partial charge on any atom is -0.406 e. The van der Waals surface area contributed by atoms with Gasteiger partial charge >= 0.3 is 6.36 Å². The number of ether oxygens (including phenoxy) is 1. The number of hydrogen-bond donors (Lipinski definition) is 0. The van der Waals surface area contributed by atoms with E-state index in [4.69, 9.17) is 0 Å². The molecule has 0 saturated heterocycles. The molecule has 1 nitrogen and oxygen atoms in total. The van der Waals surface area contributed by atoms with Crippen molar-refractivity contribution >= 4 is 10.8 Å². The Morgan fingerprint density at radius 1 is 0.750 bits per heavy atom. The molecule has 32 heavy (non-hydrogen) atoms. The molecular formula is C28H31F3O. The predicted octanol–water partition coefficient (Wildman–Crippen LogP) is 8.94. The lowest BCUT2D eigenvalue weighted by atomic mass is 9.78. The molecule has 0 bridgehead atoms. The van der Waals surface area contributed by atoms with Crippen molar-refractivity contribution in [3.63, 3.8) is 0 Å². The minimum absolute atomic E-state index is 0.194. The molecule has 0 heterocycles. The summed E-state index contributed by atoms with van der Waals surface area (Å²) in [4.78, 5) is 0. The van der Waals surface area contributed by atoms with Crippen LogP contribution in [0.1, 0.15) is 57.4 Å². The van der Waals surface area contributed by atoms with Gasteiger partial charge in [-0.25, -0.2) is 0 Å². The van der Waals surface area contributed by atoms with Crippen LogP contribution in [-0.2, 0) is 6.42 Å². The van der Waals surface area contributed by atoms with E-state index in [9.17, 15) is 13.2 Å². The van der Waals surface area contributed by atoms with Crippen molar-refractivity contribution in [2.75, 3.05) is 0 Å². The van der Waals surface area contributed by atoms with Gasteiger partial charge in [-0.15, -0.1) is 13.2 Å². The van der Waals surface area contributed by atoms with E-state index in [1.165, 1.54) is 62.6 Å². The van der Waals surface area contributed by atoms with Gasteiger partial charge in [0.1, 0.15) is 5.75 Å². The molecule has 1 fully saturated rings. The van der Waals surface area contributed by atoms with Crippen LogP contribution in [-0.4, -0.2) is 6.36 Å². The summed E-state index contributed by atoms with van der Waals surface area (Å²) in [5.74, 6) is 1.64. The second-order valence-electron chi connectivity index (χ2n) is 9.18. The Kier molecular flexibility index (Phi) is 7.07. The summed E-state index contributed by atoms with van der Waals surface area (Å²) < 4.78 is 41.3. The Balaban J connectivity index is 1.36. The highest BCUT2D eigenvalue weighted by molar-refractivity contribution is 5.88. The Bertz CT molecular complexity index is 1020. The fraction of sp³-hybridized carbons (Fsp3) is 0.429. The minimum atomic E-state index is -4.68. The van der Waals surface area contributed by atoms with E-state index in [1.807, 2.05) is 18.2 Å². The lowest BCUT2D eigenvalue weighted by molar-refractivity contribution is -0.274. The first-order chi connectivity index (χ1) is 15.4. The zero-order valence-corrected chi connectivity index (χ0v) is 18.6. The van der Waals surface area contributed by atoms with Crippen LogP contribution in [0.4, 0.5) is 13.2 Å². The fourth-order valence-corrected chi connectivity index (χ4v) is 5.05. The highest BCUT2D eigenvalue weighted by atomic mass is 19.4. The standard InChI is InChI=1S/C28H31F3O/c1-2-3-20-4-6-21(7-5-20)8-9-22-10-12-23(13-11-22)24-14-15-26-19-27(32-28(29,30)31)17-16-25(26)18-24/h10-21H,2-9H2,1H3. The first-order valence-corrected chi connectivity index (χ1v) is 11.8. The summed E-state index contributed by atoms with van der Waals surface area (Å²) >= 11 is 0. The summed E-state index contributed by atoms with van der Waals surface area (Å²) in [6.07, 6.45) is 6.01. The van der Waals surface area contributed by atoms with Crippen molar-refractivity contribution in [2.45, 2.75) is 64.7 Å². The van der Waals surface area contributed by atoms with Crippen LogP contribution in [0.15, 0.2) is 60.7 Å². The van der Waals surface area contributed by atoms with Crippen LogP contribution in [0.25, 0.3) is 21.9 Å². The van der Waals surface area contributed by atoms with E-state index < -0.39 is 6.36 Å². The summed E-state index contributed by atoms with van der Waals surface area (Å²) in [6, 6.07) is 19.0. The van der Waals surface area contributed by atoms with Crippen molar-refractivity contribution in [1.82, 2.24) is 0 Å². The number of aryl methyl sites for hydroxylation is 1. The largest absolute Gasteiger partial charge is 0.573 e. The van der Waals surface area contributed by atoms with Gasteiger partial charge in [0.25, 0.3) is 0 Å². The predicted molar refractivity (Wildman–Crippen MR) is 125 cm³/mol. The number of benzene rings is 3. The third-order valence-electron chi connectivity index (χ3n) is 6.84. The van der Waals surface area contributed by atoms with Gasteiger partial charge < -0.3 is 4.74 Å². The Labute approximate surface area is 188 Å². The normalized spacial score (nSPS) is 19.2. The Hall–Kier alpha value is -2.49. The zero-order valence-electron chi connectivity index (χ0n) is 18.6. The van der Waals surface area contributed by atoms with Gasteiger partial charge in [-0.2, -0.15) is 0 Å². The van der Waals surface area contributed by atoms with Gasteiger partial charge in [0.05, 0.1) is 0 Å². The number of fused-ring (bicyclic) bond motifs is 1. The van der Waals surface area contributed by atoms with Gasteiger partial charge in [0.15, 0.2) is 0 Å². The third-order valence-corrected chi connectivity index (χ3v) is 6.84. The van der Waals surface area contributed by atoms with E-state index in [0.717, 1.165) is 40.2 Å². The fourth-order valence-electron chi connectivity index (χ4n) is 5.05. The Morgan fingerprint density at radius 2 is 1.34 bits per heavy atom. The van der Waals surface area contributed by atoms with Crippen LogP contribution in [0.5, 0.6) is 5.75 Å². The number of rotatable bonds is 7. The van der Waals surface area contributed by atoms with E-state index in [-0.39, 0.29) is 5.75 Å². The molecule has 4 rings (SSSR count). The first-order valence-electron chi connectivity index (χ1n) is 11.8. The summed E-state index contributed by atoms with van der Waals surface area (Å²) in [5, 5.41) is 1.61. The van der Waals surface area contributed by atoms with Crippen LogP contribution in [0, 0.1) is 11.8 Å². The average molecular weight is 441 g/mol. The molecule has 3 aromatic carbocycles. The van der Waals surface area contributed by atoms with Crippen molar-refractivity contribution in [1.29, 1.82) is 0 Å². The molecule has 0 aromatic heterocycles. The molecule has 0 amide bonds. The van der Waals surface area contributed by atoms with Crippen LogP contribution >= 0.6 is 0 Å². The molecular weight excluding hydrogens is 409 g/mol. The molecule has 4 heteroatoms. The Morgan fingerprint density at radius 3 is 2.00 bits per heavy atom. The van der Waals surface area contributed by atoms with Crippen molar-refractivity contribution in [3.8, 4) is 16.9 Å². The van der Waals surface area contributed by atoms with E-state index in [2.05, 4.69) is 35.9 Å². The third kappa shape index (κ3) is 6.05. The lowest BCUT2D eigenvalue weighted by Gasteiger charge is -2.28. The monoisotopic (exact) mass is 440 g/mol. The summed E-state index contributed by atoms with van der Waals surface area (Å²) in [6.45, 7) is 2.29. The lowest BCUT2D eigenvalue weighted by Crippen LogP contribution is -2.16. The molecule has 0 unspecified atom stereocenters. The highest BCUT2D eigenvalue weighted by Gasteiger charge is 2.31. The molecule has 0 radical (unpaired) electrons. The quantitative estimate of drug-likeness (QED) is 0.356. The second kappa shape index (κ2) is 9.97. The van der Waals surface area contributed by atoms with E-state index in [1.54, 1.807) is 6.07 Å². The zero-order chi connectivity index (χ0) is 22.6. The molecule has 0 spiro atoms. The maximum Gasteiger partial charge on any atom is 0.573 e. The van der Waals surface area contributed by atoms with Gasteiger partial charge in [0, 0.05) is 0 Å². The van der Waals surface area contributed by atoms with Crippen molar-refractivity contribution < 1.29 is 17.9 Å². The molecule has 0 atom stereocenters. The van der Waals surface area contributed by atoms with E-state index in [0.29, 0.717) is 0 Å². The van der Waals surface area contributed by atoms with E-state index >= 15 is 0 Å². The maximum atomic E-state index is 12.4. The SMILES string of the molecule is CCCC1CCC(CCc2ccc(-c3ccc4cc(OC(F)(F)F)ccc4c3)cc2)CC1. The van der Waals surface area contributed by atoms with Gasteiger partial charge in [-0.1, -0.05) is 87.9 Å². The maximum absolute atomic E-state index is 12.4. The summed E-state index contributed by atoms with van der Waals surface area (Å²) in [5.41, 5.74) is 3.55. The smallest absolute Gasteiger partial charge is 0.406 e. The number of hydrogen-bond acceptors (Lipinski definition) is 1. The number of halogens is 3. The van der Waals surface area contributed by atoms with Crippen LogP contribution < -0.4 is 4.74 Å².